The lowest BCUT2D eigenvalue weighted by Crippen LogP contribution is -2.28. The Hall–Kier alpha value is -0.820. The van der Waals surface area contributed by atoms with Gasteiger partial charge in [-0.2, -0.15) is 0 Å². The summed E-state index contributed by atoms with van der Waals surface area (Å²) in [6, 6.07) is 9.58. The molecule has 1 heteroatoms. The number of benzene rings is 1. The van der Waals surface area contributed by atoms with Gasteiger partial charge in [0.05, 0.1) is 0 Å². The molecule has 1 saturated carbocycles. The molecular weight excluding hydrogens is 218 g/mol. The number of fused-ring (bicyclic) bond motifs is 1. The number of rotatable bonds is 3. The van der Waals surface area contributed by atoms with Crippen molar-refractivity contribution in [2.45, 2.75) is 51.5 Å². The minimum absolute atomic E-state index is 0.626. The third-order valence-electron chi connectivity index (χ3n) is 4.92. The van der Waals surface area contributed by atoms with Crippen molar-refractivity contribution in [3.63, 3.8) is 0 Å². The van der Waals surface area contributed by atoms with Gasteiger partial charge in [0, 0.05) is 6.04 Å². The lowest BCUT2D eigenvalue weighted by Gasteiger charge is -2.27. The summed E-state index contributed by atoms with van der Waals surface area (Å²) in [5, 5.41) is 3.82. The van der Waals surface area contributed by atoms with Gasteiger partial charge in [-0.15, -0.1) is 0 Å². The van der Waals surface area contributed by atoms with E-state index in [1.54, 1.807) is 11.1 Å². The number of hydrogen-bond acceptors (Lipinski definition) is 1. The van der Waals surface area contributed by atoms with Crippen LogP contribution in [-0.2, 0) is 6.42 Å². The van der Waals surface area contributed by atoms with Crippen molar-refractivity contribution in [1.29, 1.82) is 0 Å². The fourth-order valence-electron chi connectivity index (χ4n) is 3.61. The van der Waals surface area contributed by atoms with E-state index in [2.05, 4.69) is 36.5 Å². The van der Waals surface area contributed by atoms with Gasteiger partial charge in [0.2, 0.25) is 0 Å². The molecule has 0 amide bonds. The smallest absolute Gasteiger partial charge is 0.0326 e. The molecule has 2 aliphatic carbocycles. The average Bonchev–Trinajstić information content (AvgIpc) is 2.82. The number of nitrogens with one attached hydrogen (secondary N) is 1. The largest absolute Gasteiger partial charge is 0.310 e. The first-order valence-electron chi connectivity index (χ1n) is 7.64. The first-order chi connectivity index (χ1) is 8.83. The maximum Gasteiger partial charge on any atom is 0.0326 e. The fraction of sp³-hybridized carbons (Fsp3) is 0.647. The highest BCUT2D eigenvalue weighted by Gasteiger charge is 2.23. The Morgan fingerprint density at radius 2 is 1.83 bits per heavy atom. The fourth-order valence-corrected chi connectivity index (χ4v) is 3.61. The highest BCUT2D eigenvalue weighted by Crippen LogP contribution is 2.32. The molecule has 18 heavy (non-hydrogen) atoms. The van der Waals surface area contributed by atoms with Crippen molar-refractivity contribution in [2.75, 3.05) is 6.54 Å². The molecule has 0 radical (unpaired) electrons. The SMILES string of the molecule is CC1CCC(CNC2CCc3ccccc32)CC1. The molecule has 0 spiro atoms. The van der Waals surface area contributed by atoms with Crippen LogP contribution in [0.4, 0.5) is 0 Å². The van der Waals surface area contributed by atoms with E-state index in [1.807, 2.05) is 0 Å². The summed E-state index contributed by atoms with van der Waals surface area (Å²) in [6.45, 7) is 3.63. The first-order valence-corrected chi connectivity index (χ1v) is 7.64. The molecule has 3 rings (SSSR count). The zero-order valence-electron chi connectivity index (χ0n) is 11.5. The monoisotopic (exact) mass is 243 g/mol. The molecule has 2 aliphatic rings. The van der Waals surface area contributed by atoms with Gasteiger partial charge in [-0.3, -0.25) is 0 Å². The van der Waals surface area contributed by atoms with Crippen LogP contribution in [0.25, 0.3) is 0 Å². The zero-order chi connectivity index (χ0) is 12.4. The Kier molecular flexibility index (Phi) is 3.69. The maximum atomic E-state index is 3.82. The normalized spacial score (nSPS) is 31.3. The molecule has 1 N–H and O–H groups in total. The average molecular weight is 243 g/mol. The van der Waals surface area contributed by atoms with E-state index in [9.17, 15) is 0 Å². The molecule has 1 aromatic rings. The quantitative estimate of drug-likeness (QED) is 0.843. The molecule has 98 valence electrons. The summed E-state index contributed by atoms with van der Waals surface area (Å²) in [5.41, 5.74) is 3.12. The van der Waals surface area contributed by atoms with E-state index in [0.29, 0.717) is 6.04 Å². The summed E-state index contributed by atoms with van der Waals surface area (Å²) in [7, 11) is 0. The van der Waals surface area contributed by atoms with Crippen LogP contribution in [0.3, 0.4) is 0 Å². The van der Waals surface area contributed by atoms with E-state index in [1.165, 1.54) is 45.1 Å². The lowest BCUT2D eigenvalue weighted by molar-refractivity contribution is 0.274. The van der Waals surface area contributed by atoms with E-state index < -0.39 is 0 Å². The van der Waals surface area contributed by atoms with Gasteiger partial charge in [-0.1, -0.05) is 44.0 Å². The van der Waals surface area contributed by atoms with Crippen LogP contribution in [0.2, 0.25) is 0 Å². The highest BCUT2D eigenvalue weighted by molar-refractivity contribution is 5.34. The van der Waals surface area contributed by atoms with Crippen molar-refractivity contribution < 1.29 is 0 Å². The minimum atomic E-state index is 0.626. The summed E-state index contributed by atoms with van der Waals surface area (Å²) in [6.07, 6.45) is 8.30. The molecule has 0 aromatic heterocycles. The van der Waals surface area contributed by atoms with Crippen molar-refractivity contribution in [3.8, 4) is 0 Å². The van der Waals surface area contributed by atoms with Crippen molar-refractivity contribution >= 4 is 0 Å². The second-order valence-electron chi connectivity index (χ2n) is 6.32. The number of hydrogen-bond donors (Lipinski definition) is 1. The Labute approximate surface area is 111 Å². The molecule has 0 aliphatic heterocycles. The van der Waals surface area contributed by atoms with Gasteiger partial charge in [0.25, 0.3) is 0 Å². The van der Waals surface area contributed by atoms with E-state index in [-0.39, 0.29) is 0 Å². The van der Waals surface area contributed by atoms with Crippen LogP contribution >= 0.6 is 0 Å². The molecular formula is C17H25N. The Morgan fingerprint density at radius 1 is 1.06 bits per heavy atom. The molecule has 0 bridgehead atoms. The maximum absolute atomic E-state index is 3.82. The molecule has 1 unspecified atom stereocenters. The predicted octanol–water partition coefficient (Wildman–Crippen LogP) is 4.09. The van der Waals surface area contributed by atoms with Crippen molar-refractivity contribution in [1.82, 2.24) is 5.32 Å². The van der Waals surface area contributed by atoms with E-state index >= 15 is 0 Å². The number of aryl methyl sites for hydroxylation is 1. The highest BCUT2D eigenvalue weighted by atomic mass is 14.9. The second kappa shape index (κ2) is 5.44. The van der Waals surface area contributed by atoms with Crippen molar-refractivity contribution in [3.05, 3.63) is 35.4 Å². The molecule has 1 atom stereocenters. The topological polar surface area (TPSA) is 12.0 Å². The first kappa shape index (κ1) is 12.2. The molecule has 1 aromatic carbocycles. The Bertz CT molecular complexity index is 390. The summed E-state index contributed by atoms with van der Waals surface area (Å²) in [4.78, 5) is 0. The van der Waals surface area contributed by atoms with Crippen LogP contribution in [0.5, 0.6) is 0 Å². The molecule has 0 saturated heterocycles. The Balaban J connectivity index is 1.53. The third-order valence-corrected chi connectivity index (χ3v) is 4.92. The zero-order valence-corrected chi connectivity index (χ0v) is 11.5. The van der Waals surface area contributed by atoms with Gasteiger partial charge in [0.15, 0.2) is 0 Å². The van der Waals surface area contributed by atoms with Crippen LogP contribution in [0.1, 0.15) is 56.2 Å². The molecule has 0 heterocycles. The Morgan fingerprint density at radius 3 is 2.67 bits per heavy atom. The van der Waals surface area contributed by atoms with Gasteiger partial charge in [0.1, 0.15) is 0 Å². The van der Waals surface area contributed by atoms with Gasteiger partial charge < -0.3 is 5.32 Å². The van der Waals surface area contributed by atoms with Crippen LogP contribution in [0.15, 0.2) is 24.3 Å². The predicted molar refractivity (Wildman–Crippen MR) is 76.6 cm³/mol. The summed E-state index contributed by atoms with van der Waals surface area (Å²) < 4.78 is 0. The van der Waals surface area contributed by atoms with Crippen LogP contribution in [-0.4, -0.2) is 6.54 Å². The standard InChI is InChI=1S/C17H25N/c1-13-6-8-14(9-7-13)12-18-17-11-10-15-4-2-3-5-16(15)17/h2-5,13-14,17-18H,6-12H2,1H3. The molecule has 1 fully saturated rings. The summed E-state index contributed by atoms with van der Waals surface area (Å²) >= 11 is 0. The summed E-state index contributed by atoms with van der Waals surface area (Å²) in [5.74, 6) is 1.89. The van der Waals surface area contributed by atoms with E-state index in [4.69, 9.17) is 0 Å². The van der Waals surface area contributed by atoms with Crippen LogP contribution < -0.4 is 5.32 Å². The lowest BCUT2D eigenvalue weighted by atomic mass is 9.83. The van der Waals surface area contributed by atoms with Crippen LogP contribution in [0, 0.1) is 11.8 Å². The van der Waals surface area contributed by atoms with Crippen molar-refractivity contribution in [2.24, 2.45) is 11.8 Å². The van der Waals surface area contributed by atoms with E-state index in [0.717, 1.165) is 11.8 Å². The second-order valence-corrected chi connectivity index (χ2v) is 6.32. The third kappa shape index (κ3) is 2.61. The van der Waals surface area contributed by atoms with Gasteiger partial charge in [-0.25, -0.2) is 0 Å². The molecule has 1 nitrogen and oxygen atoms in total. The van der Waals surface area contributed by atoms with Gasteiger partial charge >= 0.3 is 0 Å². The minimum Gasteiger partial charge on any atom is -0.310 e. The van der Waals surface area contributed by atoms with Gasteiger partial charge in [-0.05, 0) is 55.2 Å².